The summed E-state index contributed by atoms with van der Waals surface area (Å²) < 4.78 is 34.0. The van der Waals surface area contributed by atoms with Gasteiger partial charge in [0.1, 0.15) is 23.2 Å². The summed E-state index contributed by atoms with van der Waals surface area (Å²) in [6.07, 6.45) is 1.97. The van der Waals surface area contributed by atoms with Crippen LogP contribution in [-0.2, 0) is 22.4 Å². The molecule has 0 saturated carbocycles. The molecule has 314 valence electrons. The molecule has 0 bridgehead atoms. The standard InChI is InChI=1S/2C26H21OP.Ag.ClHO4/c2*27-26(22-13-5-1-6-14-22)21-28(23-15-7-2-8-16-23,24-17-9-3-10-18-24)25-19-11-4-12-20-25;;2-1(3,4)5/h2*1-21H;;(H,2,3,4,5)/q;;+1;/p-1/b26-21-;;;. The van der Waals surface area contributed by atoms with E-state index >= 15 is 0 Å². The Balaban J connectivity index is 0.000000208. The summed E-state index contributed by atoms with van der Waals surface area (Å²) in [5, 5.41) is 20.4. The fourth-order valence-corrected chi connectivity index (χ4v) is 14.6. The van der Waals surface area contributed by atoms with Crippen molar-refractivity contribution in [2.75, 3.05) is 0 Å². The largest absolute Gasteiger partial charge is 1.00 e. The molecule has 0 N–H and O–H groups in total. The molecule has 8 aromatic carbocycles. The van der Waals surface area contributed by atoms with Gasteiger partial charge in [0.25, 0.3) is 0 Å². The molecule has 0 amide bonds. The van der Waals surface area contributed by atoms with Crippen molar-refractivity contribution >= 4 is 57.9 Å². The molecule has 0 aliphatic heterocycles. The van der Waals surface area contributed by atoms with Crippen LogP contribution in [0.2, 0.25) is 0 Å². The monoisotopic (exact) mass is 966 g/mol. The van der Waals surface area contributed by atoms with Gasteiger partial charge < -0.3 is 9.90 Å². The average molecular weight is 968 g/mol. The van der Waals surface area contributed by atoms with Crippen LogP contribution in [0.4, 0.5) is 0 Å². The third-order valence-electron chi connectivity index (χ3n) is 9.72. The van der Waals surface area contributed by atoms with Gasteiger partial charge in [0.05, 0.1) is 34.8 Å². The van der Waals surface area contributed by atoms with Crippen LogP contribution in [0.25, 0.3) is 5.76 Å². The van der Waals surface area contributed by atoms with Crippen LogP contribution in [0.15, 0.2) is 248 Å². The van der Waals surface area contributed by atoms with Crippen molar-refractivity contribution in [2.45, 2.75) is 0 Å². The summed E-state index contributed by atoms with van der Waals surface area (Å²) in [7, 11) is -9.44. The first-order chi connectivity index (χ1) is 29.6. The smallest absolute Gasteiger partial charge is 0.870 e. The maximum atomic E-state index is 13.4. The third kappa shape index (κ3) is 12.4. The molecule has 6 nitrogen and oxygen atoms in total. The topological polar surface area (TPSA) is 132 Å². The fraction of sp³-hybridized carbons (Fsp3) is 0. The van der Waals surface area contributed by atoms with Gasteiger partial charge in [0.15, 0.2) is 0 Å². The van der Waals surface area contributed by atoms with E-state index in [-0.39, 0.29) is 33.9 Å². The van der Waals surface area contributed by atoms with Crippen LogP contribution >= 0.6 is 14.5 Å². The summed E-state index contributed by atoms with van der Waals surface area (Å²) in [5.41, 5.74) is 1.43. The normalized spacial score (nSPS) is 11.3. The Labute approximate surface area is 382 Å². The summed E-state index contributed by atoms with van der Waals surface area (Å²) in [4.78, 5) is 13.4. The van der Waals surface area contributed by atoms with E-state index in [9.17, 15) is 9.90 Å². The molecule has 0 aromatic heterocycles. The van der Waals surface area contributed by atoms with E-state index in [0.29, 0.717) is 0 Å². The van der Waals surface area contributed by atoms with Crippen LogP contribution < -0.4 is 55.6 Å². The Hall–Kier alpha value is -5.43. The van der Waals surface area contributed by atoms with Crippen molar-refractivity contribution in [3.8, 4) is 0 Å². The molecule has 62 heavy (non-hydrogen) atoms. The first kappa shape index (κ1) is 47.6. The summed E-state index contributed by atoms with van der Waals surface area (Å²) >= 11 is 0. The molecule has 0 heterocycles. The maximum absolute atomic E-state index is 13.4. The SMILES string of the molecule is O=C([CH-][P+](c1ccccc1)(c1ccccc1)c1ccccc1)c1ccccc1.[Ag+].[O-]/C(=C\[P+](c1ccccc1)(c1ccccc1)c1ccccc1)c1ccccc1.[O-][Cl+3]([O-])([O-])[O-]. The minimum Gasteiger partial charge on any atom is -0.870 e. The van der Waals surface area contributed by atoms with Gasteiger partial charge in [0.2, 0.25) is 0 Å². The van der Waals surface area contributed by atoms with Crippen molar-refractivity contribution in [1.29, 1.82) is 0 Å². The van der Waals surface area contributed by atoms with E-state index in [0.717, 1.165) is 11.1 Å². The Bertz CT molecular complexity index is 2350. The molecule has 0 saturated heterocycles. The molecule has 8 rings (SSSR count). The molecule has 0 aliphatic carbocycles. The van der Waals surface area contributed by atoms with Crippen molar-refractivity contribution in [2.24, 2.45) is 0 Å². The second kappa shape index (κ2) is 23.1. The number of carbonyl (C=O) groups is 1. The van der Waals surface area contributed by atoms with Crippen LogP contribution in [0.5, 0.6) is 0 Å². The average Bonchev–Trinajstić information content (AvgIpc) is 3.32. The zero-order chi connectivity index (χ0) is 43.0. The number of rotatable bonds is 11. The molecular formula is C52H42AgClO6P2. The van der Waals surface area contributed by atoms with Crippen molar-refractivity contribution in [3.05, 3.63) is 266 Å². The Morgan fingerprint density at radius 3 is 0.887 bits per heavy atom. The number of Topliss-reactive ketones (excluding diaryl/α,β-unsaturated/α-hetero) is 1. The molecule has 0 aliphatic rings. The van der Waals surface area contributed by atoms with Gasteiger partial charge in [0, 0.05) is 0 Å². The second-order valence-electron chi connectivity index (χ2n) is 13.6. The van der Waals surface area contributed by atoms with Gasteiger partial charge in [-0.3, -0.25) is 0 Å². The van der Waals surface area contributed by atoms with Crippen LogP contribution in [0.3, 0.4) is 0 Å². The van der Waals surface area contributed by atoms with E-state index in [1.54, 1.807) is 0 Å². The Kier molecular flexibility index (Phi) is 17.8. The van der Waals surface area contributed by atoms with E-state index in [1.807, 2.05) is 109 Å². The van der Waals surface area contributed by atoms with Gasteiger partial charge in [-0.25, -0.2) is 18.6 Å². The van der Waals surface area contributed by atoms with E-state index in [1.165, 1.54) is 31.8 Å². The van der Waals surface area contributed by atoms with Gasteiger partial charge in [-0.1, -0.05) is 163 Å². The van der Waals surface area contributed by atoms with Crippen LogP contribution in [0.1, 0.15) is 15.9 Å². The summed E-state index contributed by atoms with van der Waals surface area (Å²) in [6, 6.07) is 81.5. The minimum atomic E-state index is -4.94. The third-order valence-corrected chi connectivity index (χ3v) is 17.6. The van der Waals surface area contributed by atoms with E-state index in [4.69, 9.17) is 18.6 Å². The zero-order valence-electron chi connectivity index (χ0n) is 33.3. The second-order valence-corrected chi connectivity index (χ2v) is 20.8. The fourth-order valence-electron chi connectivity index (χ4n) is 7.03. The molecule has 8 aromatic rings. The molecule has 10 heteroatoms. The number of halogens is 1. The number of hydrogen-bond donors (Lipinski definition) is 0. The van der Waals surface area contributed by atoms with Crippen molar-refractivity contribution in [1.82, 2.24) is 0 Å². The Morgan fingerprint density at radius 1 is 0.387 bits per heavy atom. The maximum Gasteiger partial charge on any atom is 1.00 e. The number of hydrogen-bond acceptors (Lipinski definition) is 6. The van der Waals surface area contributed by atoms with Gasteiger partial charge in [-0.2, -0.15) is 0 Å². The van der Waals surface area contributed by atoms with E-state index in [2.05, 4.69) is 146 Å². The van der Waals surface area contributed by atoms with Crippen molar-refractivity contribution in [3.63, 3.8) is 0 Å². The van der Waals surface area contributed by atoms with E-state index < -0.39 is 24.8 Å². The Morgan fingerprint density at radius 2 is 0.613 bits per heavy atom. The number of ketones is 1. The first-order valence-electron chi connectivity index (χ1n) is 19.2. The molecule has 0 atom stereocenters. The molecule has 0 spiro atoms. The summed E-state index contributed by atoms with van der Waals surface area (Å²) in [6.45, 7) is 0. The van der Waals surface area contributed by atoms with Crippen LogP contribution in [-0.4, -0.2) is 5.78 Å². The molecule has 0 fully saturated rings. The predicted molar refractivity (Wildman–Crippen MR) is 240 cm³/mol. The molecule has 0 radical (unpaired) electrons. The molecular weight excluding hydrogens is 926 g/mol. The van der Waals surface area contributed by atoms with Crippen molar-refractivity contribution < 1.29 is 61.2 Å². The zero-order valence-corrected chi connectivity index (χ0v) is 37.3. The quantitative estimate of drug-likeness (QED) is 0.0613. The number of carbonyl (C=O) groups excluding carboxylic acids is 1. The minimum absolute atomic E-state index is 0. The van der Waals surface area contributed by atoms with Gasteiger partial charge in [-0.05, 0) is 84.5 Å². The predicted octanol–water partition coefficient (Wildman–Crippen LogP) is 4.61. The van der Waals surface area contributed by atoms with Gasteiger partial charge in [-0.15, -0.1) is 27.9 Å². The first-order valence-corrected chi connectivity index (χ1v) is 24.2. The van der Waals surface area contributed by atoms with Crippen LogP contribution in [0, 0.1) is 16.4 Å². The number of benzene rings is 8. The molecule has 0 unspecified atom stereocenters. The van der Waals surface area contributed by atoms with Gasteiger partial charge >= 0.3 is 22.4 Å². The summed E-state index contributed by atoms with van der Waals surface area (Å²) in [5.74, 6) is 2.10.